The summed E-state index contributed by atoms with van der Waals surface area (Å²) in [4.78, 5) is 12.0. The lowest BCUT2D eigenvalue weighted by molar-refractivity contribution is -0.150. The molecule has 0 aromatic heterocycles. The van der Waals surface area contributed by atoms with Crippen LogP contribution in [0, 0.1) is 11.3 Å². The molecular formula is C16H20O2. The van der Waals surface area contributed by atoms with Crippen molar-refractivity contribution in [3.05, 3.63) is 35.4 Å². The highest BCUT2D eigenvalue weighted by atomic mass is 16.4. The van der Waals surface area contributed by atoms with E-state index in [0.29, 0.717) is 0 Å². The highest BCUT2D eigenvalue weighted by Crippen LogP contribution is 2.58. The molecule has 0 aliphatic heterocycles. The van der Waals surface area contributed by atoms with Crippen molar-refractivity contribution in [3.63, 3.8) is 0 Å². The topological polar surface area (TPSA) is 37.3 Å². The van der Waals surface area contributed by atoms with Crippen LogP contribution in [-0.2, 0) is 16.6 Å². The van der Waals surface area contributed by atoms with Gasteiger partial charge in [-0.3, -0.25) is 4.79 Å². The first-order valence-corrected chi connectivity index (χ1v) is 6.80. The molecule has 0 saturated heterocycles. The zero-order chi connectivity index (χ0) is 13.0. The average molecular weight is 244 g/mol. The first kappa shape index (κ1) is 11.8. The number of hydrogen-bond donors (Lipinski definition) is 1. The van der Waals surface area contributed by atoms with E-state index in [1.165, 1.54) is 5.56 Å². The Morgan fingerprint density at radius 1 is 1.28 bits per heavy atom. The molecule has 2 heteroatoms. The molecule has 0 bridgehead atoms. The quantitative estimate of drug-likeness (QED) is 0.822. The zero-order valence-corrected chi connectivity index (χ0v) is 11.1. The van der Waals surface area contributed by atoms with Gasteiger partial charge < -0.3 is 5.11 Å². The highest BCUT2D eigenvalue weighted by Gasteiger charge is 2.58. The van der Waals surface area contributed by atoms with E-state index in [9.17, 15) is 9.90 Å². The summed E-state index contributed by atoms with van der Waals surface area (Å²) >= 11 is 0. The van der Waals surface area contributed by atoms with E-state index < -0.39 is 11.4 Å². The number of aliphatic carboxylic acids is 1. The van der Waals surface area contributed by atoms with Crippen LogP contribution in [0.15, 0.2) is 24.3 Å². The van der Waals surface area contributed by atoms with E-state index in [4.69, 9.17) is 0 Å². The number of hydrogen-bond acceptors (Lipinski definition) is 1. The number of carboxylic acid groups (broad SMARTS) is 1. The molecule has 18 heavy (non-hydrogen) atoms. The summed E-state index contributed by atoms with van der Waals surface area (Å²) in [7, 11) is 0. The maximum atomic E-state index is 12.0. The average Bonchev–Trinajstić information content (AvgIpc) is 2.66. The number of rotatable bonds is 1. The summed E-state index contributed by atoms with van der Waals surface area (Å²) in [5, 5.41) is 9.88. The van der Waals surface area contributed by atoms with Crippen LogP contribution in [-0.4, -0.2) is 11.1 Å². The van der Waals surface area contributed by atoms with E-state index in [-0.39, 0.29) is 11.3 Å². The molecule has 1 fully saturated rings. The third kappa shape index (κ3) is 1.32. The Labute approximate surface area is 108 Å². The maximum absolute atomic E-state index is 12.0. The fourth-order valence-corrected chi connectivity index (χ4v) is 4.34. The molecule has 1 saturated carbocycles. The Morgan fingerprint density at radius 2 is 2.00 bits per heavy atom. The molecule has 3 rings (SSSR count). The van der Waals surface area contributed by atoms with Crippen LogP contribution in [0.1, 0.15) is 44.2 Å². The smallest absolute Gasteiger partial charge is 0.314 e. The van der Waals surface area contributed by atoms with E-state index in [1.807, 2.05) is 18.2 Å². The SMILES string of the molecule is CC1(C)CCC[C@]2(C(=O)O)c3ccccc3C[C@H]12. The van der Waals surface area contributed by atoms with Crippen LogP contribution in [0.2, 0.25) is 0 Å². The van der Waals surface area contributed by atoms with E-state index >= 15 is 0 Å². The molecule has 96 valence electrons. The van der Waals surface area contributed by atoms with Gasteiger partial charge in [0.25, 0.3) is 0 Å². The van der Waals surface area contributed by atoms with Crippen molar-refractivity contribution < 1.29 is 9.90 Å². The third-order valence-corrected chi connectivity index (χ3v) is 5.23. The summed E-state index contributed by atoms with van der Waals surface area (Å²) in [5.74, 6) is -0.376. The fraction of sp³-hybridized carbons (Fsp3) is 0.562. The summed E-state index contributed by atoms with van der Waals surface area (Å²) < 4.78 is 0. The minimum Gasteiger partial charge on any atom is -0.481 e. The van der Waals surface area contributed by atoms with Crippen molar-refractivity contribution >= 4 is 5.97 Å². The van der Waals surface area contributed by atoms with Gasteiger partial charge in [-0.1, -0.05) is 44.5 Å². The van der Waals surface area contributed by atoms with Gasteiger partial charge in [-0.2, -0.15) is 0 Å². The van der Waals surface area contributed by atoms with E-state index in [0.717, 1.165) is 31.2 Å². The minimum atomic E-state index is -0.627. The Hall–Kier alpha value is -1.31. The molecule has 2 atom stereocenters. The second kappa shape index (κ2) is 3.59. The first-order chi connectivity index (χ1) is 8.48. The molecule has 0 radical (unpaired) electrons. The van der Waals surface area contributed by atoms with Gasteiger partial charge in [0.2, 0.25) is 0 Å². The summed E-state index contributed by atoms with van der Waals surface area (Å²) in [5.41, 5.74) is 1.82. The van der Waals surface area contributed by atoms with E-state index in [2.05, 4.69) is 19.9 Å². The molecule has 0 spiro atoms. The lowest BCUT2D eigenvalue weighted by Gasteiger charge is -2.46. The van der Waals surface area contributed by atoms with Crippen molar-refractivity contribution in [2.24, 2.45) is 11.3 Å². The number of fused-ring (bicyclic) bond motifs is 3. The van der Waals surface area contributed by atoms with Crippen LogP contribution >= 0.6 is 0 Å². The predicted octanol–water partition coefficient (Wildman–Crippen LogP) is 3.39. The van der Waals surface area contributed by atoms with Gasteiger partial charge in [0, 0.05) is 0 Å². The van der Waals surface area contributed by atoms with Gasteiger partial charge in [0.05, 0.1) is 5.41 Å². The number of benzene rings is 1. The Morgan fingerprint density at radius 3 is 2.72 bits per heavy atom. The minimum absolute atomic E-state index is 0.121. The van der Waals surface area contributed by atoms with Crippen LogP contribution in [0.4, 0.5) is 0 Å². The fourth-order valence-electron chi connectivity index (χ4n) is 4.34. The zero-order valence-electron chi connectivity index (χ0n) is 11.1. The predicted molar refractivity (Wildman–Crippen MR) is 70.6 cm³/mol. The standard InChI is InChI=1S/C16H20O2/c1-15(2)8-5-9-16(14(17)18)12-7-4-3-6-11(12)10-13(15)16/h3-4,6-7,13H,5,8-10H2,1-2H3,(H,17,18)/t13-,16+/m1/s1. The lowest BCUT2D eigenvalue weighted by atomic mass is 9.56. The molecular weight excluding hydrogens is 224 g/mol. The van der Waals surface area contributed by atoms with Crippen LogP contribution in [0.3, 0.4) is 0 Å². The highest BCUT2D eigenvalue weighted by molar-refractivity contribution is 5.84. The monoisotopic (exact) mass is 244 g/mol. The third-order valence-electron chi connectivity index (χ3n) is 5.23. The van der Waals surface area contributed by atoms with Crippen molar-refractivity contribution in [3.8, 4) is 0 Å². The van der Waals surface area contributed by atoms with Crippen LogP contribution in [0.25, 0.3) is 0 Å². The van der Waals surface area contributed by atoms with Crippen LogP contribution < -0.4 is 0 Å². The number of carbonyl (C=O) groups is 1. The van der Waals surface area contributed by atoms with Gasteiger partial charge in [-0.25, -0.2) is 0 Å². The molecule has 1 N–H and O–H groups in total. The summed E-state index contributed by atoms with van der Waals surface area (Å²) in [6, 6.07) is 8.14. The van der Waals surface area contributed by atoms with Gasteiger partial charge >= 0.3 is 5.97 Å². The summed E-state index contributed by atoms with van der Waals surface area (Å²) in [6.07, 6.45) is 3.88. The second-order valence-corrected chi connectivity index (χ2v) is 6.53. The van der Waals surface area contributed by atoms with E-state index in [1.54, 1.807) is 0 Å². The molecule has 2 nitrogen and oxygen atoms in total. The summed E-state index contributed by atoms with van der Waals surface area (Å²) in [6.45, 7) is 4.47. The lowest BCUT2D eigenvalue weighted by Crippen LogP contribution is -2.49. The number of carboxylic acids is 1. The Kier molecular flexibility index (Phi) is 2.35. The van der Waals surface area contributed by atoms with Crippen molar-refractivity contribution in [1.29, 1.82) is 0 Å². The molecule has 2 aliphatic rings. The van der Waals surface area contributed by atoms with Gasteiger partial charge in [-0.05, 0) is 41.7 Å². The Bertz CT molecular complexity index is 504. The van der Waals surface area contributed by atoms with Crippen molar-refractivity contribution in [2.45, 2.75) is 44.9 Å². The van der Waals surface area contributed by atoms with Crippen molar-refractivity contribution in [2.75, 3.05) is 0 Å². The molecule has 1 aromatic carbocycles. The molecule has 0 heterocycles. The largest absolute Gasteiger partial charge is 0.481 e. The normalized spacial score (nSPS) is 32.7. The second-order valence-electron chi connectivity index (χ2n) is 6.53. The maximum Gasteiger partial charge on any atom is 0.314 e. The molecule has 0 amide bonds. The van der Waals surface area contributed by atoms with Gasteiger partial charge in [0.15, 0.2) is 0 Å². The van der Waals surface area contributed by atoms with Gasteiger partial charge in [-0.15, -0.1) is 0 Å². The Balaban J connectivity index is 2.21. The molecule has 0 unspecified atom stereocenters. The first-order valence-electron chi connectivity index (χ1n) is 6.80. The van der Waals surface area contributed by atoms with Gasteiger partial charge in [0.1, 0.15) is 0 Å². The van der Waals surface area contributed by atoms with Crippen LogP contribution in [0.5, 0.6) is 0 Å². The molecule has 1 aromatic rings. The van der Waals surface area contributed by atoms with Crippen molar-refractivity contribution in [1.82, 2.24) is 0 Å². The molecule has 2 aliphatic carbocycles.